The van der Waals surface area contributed by atoms with Crippen LogP contribution in [0.1, 0.15) is 40.1 Å². The van der Waals surface area contributed by atoms with Gasteiger partial charge in [-0.25, -0.2) is 4.79 Å². The number of benzene rings is 3. The van der Waals surface area contributed by atoms with Crippen molar-refractivity contribution in [2.24, 2.45) is 0 Å². The predicted octanol–water partition coefficient (Wildman–Crippen LogP) is 3.61. The van der Waals surface area contributed by atoms with E-state index in [1.54, 1.807) is 18.2 Å². The number of fused-ring (bicyclic) bond motifs is 7. The summed E-state index contributed by atoms with van der Waals surface area (Å²) in [5.41, 5.74) is 3.07. The Morgan fingerprint density at radius 1 is 0.795 bits per heavy atom. The predicted molar refractivity (Wildman–Crippen MR) is 139 cm³/mol. The molecule has 10 heteroatoms. The highest BCUT2D eigenvalue weighted by atomic mass is 16.5. The van der Waals surface area contributed by atoms with Gasteiger partial charge >= 0.3 is 5.97 Å². The van der Waals surface area contributed by atoms with Crippen molar-refractivity contribution in [2.45, 2.75) is 30.3 Å². The maximum Gasteiger partial charge on any atom is 0.329 e. The Morgan fingerprint density at radius 3 is 2.18 bits per heavy atom. The third kappa shape index (κ3) is 3.55. The van der Waals surface area contributed by atoms with Crippen LogP contribution in [0.5, 0.6) is 46.0 Å². The highest BCUT2D eigenvalue weighted by molar-refractivity contribution is 5.85. The molecule has 3 aliphatic heterocycles. The molecule has 6 rings (SSSR count). The Labute approximate surface area is 224 Å². The molecule has 4 atom stereocenters. The fourth-order valence-electron chi connectivity index (χ4n) is 6.61. The standard InChI is InChI=1S/C29H29NO9/c1-35-20-9-13(5-6-17(20)31)23-24-16-11-21(36-2)18(32)12-19(16)39-29(34)26(24)30-8-7-14-15(25(23)30)10-22(37-3)28(38-4)27(14)33/h5-6,9-12,23-26,31-33H,7-8H2,1-4H3. The molecule has 3 aromatic carbocycles. The van der Waals surface area contributed by atoms with E-state index in [0.717, 1.165) is 16.7 Å². The summed E-state index contributed by atoms with van der Waals surface area (Å²) in [5, 5.41) is 32.0. The van der Waals surface area contributed by atoms with Gasteiger partial charge in [0.05, 0.1) is 28.4 Å². The van der Waals surface area contributed by atoms with E-state index in [1.807, 2.05) is 12.1 Å². The summed E-state index contributed by atoms with van der Waals surface area (Å²) < 4.78 is 27.6. The van der Waals surface area contributed by atoms with Gasteiger partial charge in [0.15, 0.2) is 34.5 Å². The fourth-order valence-corrected chi connectivity index (χ4v) is 6.61. The van der Waals surface area contributed by atoms with Crippen molar-refractivity contribution in [3.05, 3.63) is 58.7 Å². The minimum atomic E-state index is -0.648. The third-order valence-electron chi connectivity index (χ3n) is 8.22. The molecule has 0 aliphatic carbocycles. The molecule has 3 N–H and O–H groups in total. The second-order valence-corrected chi connectivity index (χ2v) is 9.87. The summed E-state index contributed by atoms with van der Waals surface area (Å²) in [4.78, 5) is 15.7. The summed E-state index contributed by atoms with van der Waals surface area (Å²) in [7, 11) is 5.93. The van der Waals surface area contributed by atoms with E-state index in [4.69, 9.17) is 23.7 Å². The van der Waals surface area contributed by atoms with Crippen molar-refractivity contribution in [3.63, 3.8) is 0 Å². The van der Waals surface area contributed by atoms with E-state index in [9.17, 15) is 20.1 Å². The van der Waals surface area contributed by atoms with Gasteiger partial charge in [-0.05, 0) is 41.8 Å². The van der Waals surface area contributed by atoms with Gasteiger partial charge in [0, 0.05) is 41.6 Å². The number of aromatic hydroxyl groups is 3. The van der Waals surface area contributed by atoms with Crippen LogP contribution in [-0.2, 0) is 11.2 Å². The highest BCUT2D eigenvalue weighted by Gasteiger charge is 2.58. The first-order valence-corrected chi connectivity index (χ1v) is 12.5. The number of hydrogen-bond donors (Lipinski definition) is 3. The Bertz CT molecular complexity index is 1490. The molecule has 3 aromatic rings. The number of phenolic OH excluding ortho intramolecular Hbond substituents is 3. The minimum Gasteiger partial charge on any atom is -0.504 e. The first-order chi connectivity index (χ1) is 18.8. The van der Waals surface area contributed by atoms with Crippen molar-refractivity contribution >= 4 is 5.97 Å². The zero-order valence-electron chi connectivity index (χ0n) is 21.9. The maximum atomic E-state index is 13.6. The molecule has 39 heavy (non-hydrogen) atoms. The van der Waals surface area contributed by atoms with Crippen LogP contribution in [0.15, 0.2) is 36.4 Å². The third-order valence-corrected chi connectivity index (χ3v) is 8.22. The van der Waals surface area contributed by atoms with Crippen LogP contribution in [0.25, 0.3) is 0 Å². The lowest BCUT2D eigenvalue weighted by Gasteiger charge is -2.37. The van der Waals surface area contributed by atoms with Crippen LogP contribution < -0.4 is 23.7 Å². The Kier molecular flexibility index (Phi) is 5.87. The fraction of sp³-hybridized carbons (Fsp3) is 0.345. The van der Waals surface area contributed by atoms with Crippen molar-refractivity contribution in [3.8, 4) is 46.0 Å². The van der Waals surface area contributed by atoms with E-state index in [-0.39, 0.29) is 46.5 Å². The van der Waals surface area contributed by atoms with Gasteiger partial charge in [-0.15, -0.1) is 0 Å². The lowest BCUT2D eigenvalue weighted by molar-refractivity contribution is -0.141. The van der Waals surface area contributed by atoms with E-state index in [2.05, 4.69) is 4.90 Å². The van der Waals surface area contributed by atoms with Crippen LogP contribution in [0, 0.1) is 0 Å². The zero-order chi connectivity index (χ0) is 27.6. The number of phenols is 3. The first kappa shape index (κ1) is 25.0. The lowest BCUT2D eigenvalue weighted by Crippen LogP contribution is -2.46. The maximum absolute atomic E-state index is 13.6. The molecular weight excluding hydrogens is 506 g/mol. The molecule has 1 saturated heterocycles. The molecule has 1 fully saturated rings. The van der Waals surface area contributed by atoms with E-state index < -0.39 is 17.9 Å². The molecule has 3 heterocycles. The molecule has 0 amide bonds. The molecule has 4 unspecified atom stereocenters. The second-order valence-electron chi connectivity index (χ2n) is 9.87. The van der Waals surface area contributed by atoms with Gasteiger partial charge in [0.25, 0.3) is 0 Å². The Morgan fingerprint density at radius 2 is 1.49 bits per heavy atom. The van der Waals surface area contributed by atoms with Crippen LogP contribution in [0.4, 0.5) is 0 Å². The topological polar surface area (TPSA) is 127 Å². The van der Waals surface area contributed by atoms with Crippen molar-refractivity contribution in [1.82, 2.24) is 4.90 Å². The average molecular weight is 536 g/mol. The van der Waals surface area contributed by atoms with Crippen LogP contribution >= 0.6 is 0 Å². The molecule has 0 spiro atoms. The first-order valence-electron chi connectivity index (χ1n) is 12.5. The van der Waals surface area contributed by atoms with Gasteiger partial charge in [-0.1, -0.05) is 6.07 Å². The molecule has 0 aromatic heterocycles. The smallest absolute Gasteiger partial charge is 0.329 e. The molecule has 10 nitrogen and oxygen atoms in total. The monoisotopic (exact) mass is 535 g/mol. The number of esters is 1. The Hall–Kier alpha value is -4.31. The molecule has 0 radical (unpaired) electrons. The number of carbonyl (C=O) groups is 1. The number of rotatable bonds is 5. The molecule has 204 valence electrons. The molecular formula is C29H29NO9. The number of carbonyl (C=O) groups excluding carboxylic acids is 1. The van der Waals surface area contributed by atoms with Crippen LogP contribution in [0.3, 0.4) is 0 Å². The average Bonchev–Trinajstić information content (AvgIpc) is 3.29. The summed E-state index contributed by atoms with van der Waals surface area (Å²) in [6, 6.07) is 9.11. The summed E-state index contributed by atoms with van der Waals surface area (Å²) in [6.07, 6.45) is 0.478. The van der Waals surface area contributed by atoms with Crippen molar-refractivity contribution in [2.75, 3.05) is 35.0 Å². The van der Waals surface area contributed by atoms with Gasteiger partial charge in [-0.2, -0.15) is 0 Å². The lowest BCUT2D eigenvalue weighted by atomic mass is 9.74. The number of hydrogen-bond acceptors (Lipinski definition) is 10. The zero-order valence-corrected chi connectivity index (χ0v) is 21.9. The minimum absolute atomic E-state index is 0.00390. The summed E-state index contributed by atoms with van der Waals surface area (Å²) >= 11 is 0. The van der Waals surface area contributed by atoms with Crippen molar-refractivity contribution in [1.29, 1.82) is 0 Å². The summed E-state index contributed by atoms with van der Waals surface area (Å²) in [6.45, 7) is 0.479. The number of nitrogens with zero attached hydrogens (tertiary/aromatic N) is 1. The largest absolute Gasteiger partial charge is 0.504 e. The van der Waals surface area contributed by atoms with Gasteiger partial charge in [-0.3, -0.25) is 4.90 Å². The van der Waals surface area contributed by atoms with Gasteiger partial charge in [0.1, 0.15) is 11.8 Å². The number of ether oxygens (including phenoxy) is 5. The molecule has 0 bridgehead atoms. The molecule has 3 aliphatic rings. The van der Waals surface area contributed by atoms with E-state index in [1.165, 1.54) is 34.5 Å². The SMILES string of the molecule is COc1cc(C2C3c4cc(OC)c(O)cc4OC(=O)C3N3CCc4c(cc(OC)c(OC)c4O)C23)ccc1O. The summed E-state index contributed by atoms with van der Waals surface area (Å²) in [5.74, 6) is 0.168. The highest BCUT2D eigenvalue weighted by Crippen LogP contribution is 2.62. The Balaban J connectivity index is 1.63. The van der Waals surface area contributed by atoms with Crippen LogP contribution in [0.2, 0.25) is 0 Å². The quantitative estimate of drug-likeness (QED) is 0.329. The van der Waals surface area contributed by atoms with E-state index in [0.29, 0.717) is 30.0 Å². The normalized spacial score (nSPS) is 23.1. The second kappa shape index (κ2) is 9.16. The van der Waals surface area contributed by atoms with Gasteiger partial charge in [0.2, 0.25) is 5.75 Å². The van der Waals surface area contributed by atoms with Crippen LogP contribution in [-0.4, -0.2) is 67.2 Å². The van der Waals surface area contributed by atoms with E-state index >= 15 is 0 Å². The number of methoxy groups -OCH3 is 4. The molecule has 0 saturated carbocycles. The van der Waals surface area contributed by atoms with Gasteiger partial charge < -0.3 is 39.0 Å². The van der Waals surface area contributed by atoms with Crippen molar-refractivity contribution < 1.29 is 43.8 Å².